The number of benzene rings is 3. The third kappa shape index (κ3) is 3.95. The van der Waals surface area contributed by atoms with Gasteiger partial charge in [-0.15, -0.1) is 0 Å². The van der Waals surface area contributed by atoms with Crippen molar-refractivity contribution >= 4 is 51.9 Å². The maximum Gasteiger partial charge on any atom is 0.426 e. The van der Waals surface area contributed by atoms with E-state index in [-0.39, 0.29) is 6.92 Å². The Bertz CT molecular complexity index is 1090. The third-order valence-electron chi connectivity index (χ3n) is 4.37. The van der Waals surface area contributed by atoms with Crippen molar-refractivity contribution in [2.45, 2.75) is 6.92 Å². The minimum Gasteiger partial charge on any atom is -0.550 e. The molecule has 3 aromatic carbocycles. The normalized spacial score (nSPS) is 10.8. The summed E-state index contributed by atoms with van der Waals surface area (Å²) in [5.74, 6) is 0.718. The van der Waals surface area contributed by atoms with Gasteiger partial charge in [-0.3, -0.25) is 4.98 Å². The van der Waals surface area contributed by atoms with Gasteiger partial charge in [0.1, 0.15) is 11.3 Å². The maximum absolute atomic E-state index is 6.49. The Morgan fingerprint density at radius 3 is 2.33 bits per heavy atom. The van der Waals surface area contributed by atoms with Crippen LogP contribution in [0.15, 0.2) is 79.0 Å². The lowest BCUT2D eigenvalue weighted by Crippen LogP contribution is -2.47. The SMILES string of the molecule is Cc1cccc(B(Oc2cccc3cccnc23)c2cc(Cl)cc(Cl)c2)c1. The Balaban J connectivity index is 1.85. The molecular weight excluding hydrogens is 376 g/mol. The fourth-order valence-corrected chi connectivity index (χ4v) is 3.73. The molecule has 0 aliphatic carbocycles. The summed E-state index contributed by atoms with van der Waals surface area (Å²) in [4.78, 5) is 4.50. The molecule has 27 heavy (non-hydrogen) atoms. The number of hydrogen-bond donors (Lipinski definition) is 0. The molecule has 4 aromatic rings. The van der Waals surface area contributed by atoms with Crippen LogP contribution in [-0.4, -0.2) is 11.9 Å². The van der Waals surface area contributed by atoms with Crippen LogP contribution < -0.4 is 15.6 Å². The summed E-state index contributed by atoms with van der Waals surface area (Å²) in [6, 6.07) is 23.6. The molecule has 0 bridgehead atoms. The van der Waals surface area contributed by atoms with E-state index in [1.165, 1.54) is 0 Å². The average Bonchev–Trinajstić information content (AvgIpc) is 2.65. The van der Waals surface area contributed by atoms with Gasteiger partial charge in [-0.1, -0.05) is 71.2 Å². The highest BCUT2D eigenvalue weighted by molar-refractivity contribution is 6.81. The van der Waals surface area contributed by atoms with Gasteiger partial charge in [0.05, 0.1) is 0 Å². The van der Waals surface area contributed by atoms with Gasteiger partial charge in [0.2, 0.25) is 0 Å². The summed E-state index contributed by atoms with van der Waals surface area (Å²) in [5, 5.41) is 2.19. The van der Waals surface area contributed by atoms with Crippen molar-refractivity contribution in [1.82, 2.24) is 4.98 Å². The highest BCUT2D eigenvalue weighted by Gasteiger charge is 2.25. The van der Waals surface area contributed by atoms with E-state index >= 15 is 0 Å². The number of hydrogen-bond acceptors (Lipinski definition) is 2. The number of rotatable bonds is 4. The summed E-state index contributed by atoms with van der Waals surface area (Å²) < 4.78 is 6.49. The molecular formula is C22H16BCl2NO. The second-order valence-electron chi connectivity index (χ2n) is 6.45. The highest BCUT2D eigenvalue weighted by Crippen LogP contribution is 2.24. The Morgan fingerprint density at radius 1 is 0.815 bits per heavy atom. The summed E-state index contributed by atoms with van der Waals surface area (Å²) in [7, 11) is 0. The second-order valence-corrected chi connectivity index (χ2v) is 7.32. The number of fused-ring (bicyclic) bond motifs is 1. The molecule has 0 aliphatic heterocycles. The van der Waals surface area contributed by atoms with Crippen molar-refractivity contribution in [3.05, 3.63) is 94.6 Å². The predicted octanol–water partition coefficient (Wildman–Crippen LogP) is 5.03. The third-order valence-corrected chi connectivity index (χ3v) is 4.81. The van der Waals surface area contributed by atoms with Gasteiger partial charge >= 0.3 is 6.92 Å². The van der Waals surface area contributed by atoms with Crippen LogP contribution >= 0.6 is 23.2 Å². The van der Waals surface area contributed by atoms with Crippen LogP contribution in [0.3, 0.4) is 0 Å². The van der Waals surface area contributed by atoms with Crippen molar-refractivity contribution in [3.8, 4) is 5.75 Å². The Kier molecular flexibility index (Phi) is 5.06. The van der Waals surface area contributed by atoms with Crippen molar-refractivity contribution in [1.29, 1.82) is 0 Å². The number of aryl methyl sites for hydroxylation is 1. The zero-order valence-corrected chi connectivity index (χ0v) is 16.2. The lowest BCUT2D eigenvalue weighted by atomic mass is 9.55. The van der Waals surface area contributed by atoms with Gasteiger partial charge in [0.25, 0.3) is 0 Å². The summed E-state index contributed by atoms with van der Waals surface area (Å²) in [6.45, 7) is 1.71. The van der Waals surface area contributed by atoms with Crippen molar-refractivity contribution in [2.24, 2.45) is 0 Å². The van der Waals surface area contributed by atoms with Crippen molar-refractivity contribution < 1.29 is 4.65 Å². The van der Waals surface area contributed by atoms with Gasteiger partial charge in [0.15, 0.2) is 0 Å². The lowest BCUT2D eigenvalue weighted by molar-refractivity contribution is 0.597. The van der Waals surface area contributed by atoms with E-state index in [0.29, 0.717) is 10.0 Å². The van der Waals surface area contributed by atoms with E-state index in [2.05, 4.69) is 24.0 Å². The predicted molar refractivity (Wildman–Crippen MR) is 115 cm³/mol. The van der Waals surface area contributed by atoms with E-state index in [0.717, 1.165) is 33.1 Å². The molecule has 132 valence electrons. The molecule has 0 atom stereocenters. The molecule has 5 heteroatoms. The van der Waals surface area contributed by atoms with Crippen LogP contribution in [0.2, 0.25) is 10.0 Å². The molecule has 0 N–H and O–H groups in total. The standard InChI is InChI=1S/C22H16BCl2NO/c1-15-5-2-8-17(11-15)23(18-12-19(24)14-20(25)13-18)27-21-9-3-6-16-7-4-10-26-22(16)21/h2-14H,1H3. The van der Waals surface area contributed by atoms with Crippen LogP contribution in [0.5, 0.6) is 5.75 Å². The zero-order valence-electron chi connectivity index (χ0n) is 14.7. The quantitative estimate of drug-likeness (QED) is 0.455. The van der Waals surface area contributed by atoms with E-state index < -0.39 is 0 Å². The van der Waals surface area contributed by atoms with Crippen LogP contribution in [0.1, 0.15) is 5.56 Å². The molecule has 1 aromatic heterocycles. The molecule has 1 heterocycles. The Hall–Kier alpha value is -2.49. The number of nitrogens with zero attached hydrogens (tertiary/aromatic N) is 1. The van der Waals surface area contributed by atoms with Gasteiger partial charge < -0.3 is 4.65 Å². The lowest BCUT2D eigenvalue weighted by Gasteiger charge is -2.18. The van der Waals surface area contributed by atoms with E-state index in [9.17, 15) is 0 Å². The van der Waals surface area contributed by atoms with Crippen molar-refractivity contribution in [2.75, 3.05) is 0 Å². The van der Waals surface area contributed by atoms with Crippen molar-refractivity contribution in [3.63, 3.8) is 0 Å². The number of aromatic nitrogens is 1. The van der Waals surface area contributed by atoms with E-state index in [1.807, 2.05) is 54.6 Å². The number of halogens is 2. The van der Waals surface area contributed by atoms with Gasteiger partial charge in [-0.05, 0) is 48.2 Å². The zero-order chi connectivity index (χ0) is 18.8. The molecule has 0 aliphatic rings. The van der Waals surface area contributed by atoms with Crippen LogP contribution in [0.25, 0.3) is 10.9 Å². The molecule has 0 saturated carbocycles. The highest BCUT2D eigenvalue weighted by atomic mass is 35.5. The summed E-state index contributed by atoms with van der Waals surface area (Å²) >= 11 is 12.5. The molecule has 0 fully saturated rings. The fourth-order valence-electron chi connectivity index (χ4n) is 3.19. The van der Waals surface area contributed by atoms with Crippen LogP contribution in [0.4, 0.5) is 0 Å². The molecule has 4 rings (SSSR count). The Labute approximate surface area is 168 Å². The average molecular weight is 392 g/mol. The molecule has 0 amide bonds. The number of pyridine rings is 1. The second kappa shape index (κ2) is 7.63. The fraction of sp³-hybridized carbons (Fsp3) is 0.0455. The number of para-hydroxylation sites is 1. The van der Waals surface area contributed by atoms with Gasteiger partial charge in [-0.2, -0.15) is 0 Å². The first kappa shape index (κ1) is 17.9. The molecule has 0 unspecified atom stereocenters. The van der Waals surface area contributed by atoms with E-state index in [1.54, 1.807) is 12.3 Å². The van der Waals surface area contributed by atoms with Gasteiger partial charge in [0, 0.05) is 21.6 Å². The summed E-state index contributed by atoms with van der Waals surface area (Å²) in [5.41, 5.74) is 3.91. The first-order valence-corrected chi connectivity index (χ1v) is 9.39. The first-order valence-electron chi connectivity index (χ1n) is 8.63. The molecule has 0 radical (unpaired) electrons. The minimum absolute atomic E-state index is 0.353. The molecule has 2 nitrogen and oxygen atoms in total. The summed E-state index contributed by atoms with van der Waals surface area (Å²) in [6.07, 6.45) is 1.77. The molecule has 0 spiro atoms. The van der Waals surface area contributed by atoms with Gasteiger partial charge in [-0.25, -0.2) is 0 Å². The minimum atomic E-state index is -0.353. The van der Waals surface area contributed by atoms with E-state index in [4.69, 9.17) is 27.9 Å². The smallest absolute Gasteiger partial charge is 0.426 e. The molecule has 0 saturated heterocycles. The largest absolute Gasteiger partial charge is 0.550 e. The van der Waals surface area contributed by atoms with Crippen LogP contribution in [-0.2, 0) is 0 Å². The first-order chi connectivity index (χ1) is 13.1. The Morgan fingerprint density at radius 2 is 1.56 bits per heavy atom. The monoisotopic (exact) mass is 391 g/mol. The topological polar surface area (TPSA) is 22.1 Å². The van der Waals surface area contributed by atoms with Crippen LogP contribution in [0, 0.1) is 6.92 Å². The maximum atomic E-state index is 6.49.